The number of hydrogen-bond donors (Lipinski definition) is 2. The van der Waals surface area contributed by atoms with Crippen LogP contribution in [0, 0.1) is 17.6 Å². The van der Waals surface area contributed by atoms with Gasteiger partial charge in [0, 0.05) is 35.9 Å². The predicted molar refractivity (Wildman–Crippen MR) is 166 cm³/mol. The molecule has 2 aromatic heterocycles. The van der Waals surface area contributed by atoms with E-state index < -0.39 is 45.0 Å². The third-order valence-corrected chi connectivity index (χ3v) is 7.76. The summed E-state index contributed by atoms with van der Waals surface area (Å²) in [5.41, 5.74) is 0.202. The lowest BCUT2D eigenvalue weighted by atomic mass is 10.0. The minimum absolute atomic E-state index is 0.140. The number of carbonyl (C=O) groups is 2. The Kier molecular flexibility index (Phi) is 10.3. The topological polar surface area (TPSA) is 141 Å². The van der Waals surface area contributed by atoms with Crippen molar-refractivity contribution in [2.75, 3.05) is 24.8 Å². The molecule has 0 saturated heterocycles. The number of ether oxygens (including phenoxy) is 3. The number of alkyl carbamates (subject to hydrolysis) is 1. The Morgan fingerprint density at radius 3 is 2.53 bits per heavy atom. The number of nitrogens with zero attached hydrogens (tertiary/aromatic N) is 3. The fourth-order valence-electron chi connectivity index (χ4n) is 4.42. The van der Waals surface area contributed by atoms with Crippen LogP contribution in [-0.4, -0.2) is 57.3 Å². The molecule has 11 nitrogen and oxygen atoms in total. The molecular formula is C31H37F2N5O6S. The van der Waals surface area contributed by atoms with E-state index in [9.17, 15) is 22.6 Å². The summed E-state index contributed by atoms with van der Waals surface area (Å²) >= 11 is 0. The minimum atomic E-state index is -3.15. The van der Waals surface area contributed by atoms with Crippen molar-refractivity contribution in [3.63, 3.8) is 0 Å². The van der Waals surface area contributed by atoms with E-state index in [1.165, 1.54) is 30.5 Å². The Bertz CT molecular complexity index is 1700. The van der Waals surface area contributed by atoms with Gasteiger partial charge >= 0.3 is 6.09 Å². The van der Waals surface area contributed by atoms with Crippen LogP contribution in [0.3, 0.4) is 0 Å². The number of aromatic nitrogens is 2. The van der Waals surface area contributed by atoms with Crippen molar-refractivity contribution in [2.45, 2.75) is 58.4 Å². The van der Waals surface area contributed by atoms with Crippen LogP contribution >= 0.6 is 0 Å². The van der Waals surface area contributed by atoms with Crippen LogP contribution < -0.4 is 20.1 Å². The lowest BCUT2D eigenvalue weighted by Gasteiger charge is -2.24. The Labute approximate surface area is 261 Å². The van der Waals surface area contributed by atoms with Crippen LogP contribution in [-0.2, 0) is 25.0 Å². The molecule has 0 aliphatic carbocycles. The second-order valence-electron chi connectivity index (χ2n) is 12.0. The number of fused-ring (bicyclic) bond motifs is 6. The summed E-state index contributed by atoms with van der Waals surface area (Å²) in [6.07, 6.45) is 1.99. The van der Waals surface area contributed by atoms with Crippen molar-refractivity contribution in [1.82, 2.24) is 15.3 Å². The Morgan fingerprint density at radius 1 is 1.09 bits per heavy atom. The van der Waals surface area contributed by atoms with Gasteiger partial charge in [-0.1, -0.05) is 13.8 Å². The number of hydrogen-bond acceptors (Lipinski definition) is 9. The first kappa shape index (κ1) is 33.6. The van der Waals surface area contributed by atoms with Gasteiger partial charge in [0.1, 0.15) is 40.7 Å². The molecule has 0 fully saturated rings. The average Bonchev–Trinajstić information content (AvgIpc) is 2.90. The van der Waals surface area contributed by atoms with Crippen molar-refractivity contribution in [3.8, 4) is 22.8 Å². The normalized spacial score (nSPS) is 15.1. The van der Waals surface area contributed by atoms with E-state index in [0.29, 0.717) is 17.5 Å². The number of benzene rings is 1. The zero-order valence-corrected chi connectivity index (χ0v) is 26.8. The number of nitrogens with one attached hydrogen (secondary N) is 2. The van der Waals surface area contributed by atoms with E-state index in [2.05, 4.69) is 25.0 Å². The molecule has 0 radical (unpaired) electrons. The van der Waals surface area contributed by atoms with Crippen LogP contribution in [0.2, 0.25) is 0 Å². The van der Waals surface area contributed by atoms with Crippen LogP contribution in [0.1, 0.15) is 46.6 Å². The molecule has 3 aromatic rings. The van der Waals surface area contributed by atoms with Gasteiger partial charge in [-0.25, -0.2) is 22.8 Å². The lowest BCUT2D eigenvalue weighted by molar-refractivity contribution is -0.120. The van der Waals surface area contributed by atoms with E-state index in [1.807, 2.05) is 0 Å². The maximum Gasteiger partial charge on any atom is 0.408 e. The van der Waals surface area contributed by atoms with Crippen LogP contribution in [0.25, 0.3) is 11.1 Å². The van der Waals surface area contributed by atoms with Crippen molar-refractivity contribution in [1.29, 1.82) is 0 Å². The summed E-state index contributed by atoms with van der Waals surface area (Å²) in [6, 6.07) is 7.41. The minimum Gasteiger partial charge on any atom is -0.493 e. The highest BCUT2D eigenvalue weighted by molar-refractivity contribution is 7.92. The zero-order chi connectivity index (χ0) is 32.9. The quantitative estimate of drug-likeness (QED) is 0.342. The fourth-order valence-corrected chi connectivity index (χ4v) is 5.76. The number of carbonyl (C=O) groups excluding carboxylic acids is 2. The van der Waals surface area contributed by atoms with Crippen molar-refractivity contribution in [2.24, 2.45) is 10.3 Å². The van der Waals surface area contributed by atoms with Gasteiger partial charge < -0.3 is 24.8 Å². The molecule has 1 aromatic carbocycles. The molecule has 0 spiro atoms. The molecule has 1 aliphatic rings. The molecule has 242 valence electrons. The van der Waals surface area contributed by atoms with Crippen LogP contribution in [0.4, 0.5) is 25.2 Å². The molecule has 14 heteroatoms. The predicted octanol–water partition coefficient (Wildman–Crippen LogP) is 6.00. The van der Waals surface area contributed by atoms with Crippen molar-refractivity contribution in [3.05, 3.63) is 59.8 Å². The van der Waals surface area contributed by atoms with E-state index >= 15 is 0 Å². The molecule has 2 amide bonds. The Morgan fingerprint density at radius 2 is 1.82 bits per heavy atom. The monoisotopic (exact) mass is 645 g/mol. The summed E-state index contributed by atoms with van der Waals surface area (Å²) in [4.78, 5) is 34.0. The number of pyridine rings is 2. The molecular weight excluding hydrogens is 608 g/mol. The molecule has 2 atom stereocenters. The first-order valence-electron chi connectivity index (χ1n) is 14.3. The van der Waals surface area contributed by atoms with Gasteiger partial charge in [-0.3, -0.25) is 4.79 Å². The summed E-state index contributed by atoms with van der Waals surface area (Å²) < 4.78 is 63.4. The molecule has 0 unspecified atom stereocenters. The van der Waals surface area contributed by atoms with Crippen molar-refractivity contribution < 1.29 is 36.8 Å². The molecule has 1 aliphatic heterocycles. The molecule has 2 N–H and O–H groups in total. The standard InChI is InChI=1S/C31H37F2N5O6S/c1-18(2)28(37-30(40)44-31(3,4)5)29(39)38-45(6,41)17-19-12-26-35-25-15-22(23(33)16-34-25)21-9-8-20(32)14-24(21)42-10-7-11-43-27(13-19)36-26/h8-9,12-16,18,28H,7,10-11,17H2,1-6H3,(H,37,40)(H,34,35,36)/t28-,45-/m0/s1. The summed E-state index contributed by atoms with van der Waals surface area (Å²) in [5.74, 6) is -1.55. The van der Waals surface area contributed by atoms with E-state index in [-0.39, 0.29) is 53.7 Å². The smallest absolute Gasteiger partial charge is 0.408 e. The maximum absolute atomic E-state index is 14.9. The van der Waals surface area contributed by atoms with Crippen LogP contribution in [0.5, 0.6) is 11.6 Å². The SMILES string of the molecule is CC(C)[C@H](NC(=O)OC(C)(C)C)C(=O)N=[S@@](C)(=O)Cc1cc2nc(c1)OCCCOc1cc(F)ccc1-c1cc(ncc1F)N2. The third-order valence-electron chi connectivity index (χ3n) is 6.33. The van der Waals surface area contributed by atoms with E-state index in [4.69, 9.17) is 14.2 Å². The summed E-state index contributed by atoms with van der Waals surface area (Å²) in [6.45, 7) is 8.89. The Hall–Kier alpha value is -4.33. The zero-order valence-electron chi connectivity index (χ0n) is 26.0. The maximum atomic E-state index is 14.9. The molecule has 3 heterocycles. The van der Waals surface area contributed by atoms with Gasteiger partial charge in [0.2, 0.25) is 5.88 Å². The molecule has 4 bridgehead atoms. The number of halogens is 2. The highest BCUT2D eigenvalue weighted by Crippen LogP contribution is 2.34. The van der Waals surface area contributed by atoms with Crippen molar-refractivity contribution >= 4 is 33.4 Å². The van der Waals surface area contributed by atoms with Gasteiger partial charge in [0.05, 0.1) is 34.9 Å². The largest absolute Gasteiger partial charge is 0.493 e. The molecule has 45 heavy (non-hydrogen) atoms. The summed E-state index contributed by atoms with van der Waals surface area (Å²) in [7, 11) is -3.15. The second-order valence-corrected chi connectivity index (χ2v) is 14.4. The first-order valence-corrected chi connectivity index (χ1v) is 16.4. The van der Waals surface area contributed by atoms with Gasteiger partial charge in [-0.15, -0.1) is 0 Å². The van der Waals surface area contributed by atoms with Gasteiger partial charge in [0.15, 0.2) is 0 Å². The summed E-state index contributed by atoms with van der Waals surface area (Å²) in [5, 5.41) is 5.54. The lowest BCUT2D eigenvalue weighted by Crippen LogP contribution is -2.46. The highest BCUT2D eigenvalue weighted by Gasteiger charge is 2.28. The molecule has 4 rings (SSSR count). The van der Waals surface area contributed by atoms with Gasteiger partial charge in [0.25, 0.3) is 5.91 Å². The number of anilines is 2. The first-order chi connectivity index (χ1) is 21.1. The molecule has 0 saturated carbocycles. The highest BCUT2D eigenvalue weighted by atomic mass is 32.2. The van der Waals surface area contributed by atoms with E-state index in [0.717, 1.165) is 6.20 Å². The number of amides is 2. The van der Waals surface area contributed by atoms with Gasteiger partial charge in [-0.05, 0) is 56.5 Å². The number of rotatable bonds is 5. The third kappa shape index (κ3) is 9.58. The van der Waals surface area contributed by atoms with Gasteiger partial charge in [-0.2, -0.15) is 9.35 Å². The Balaban J connectivity index is 1.63. The fraction of sp³-hybridized carbons (Fsp3) is 0.419. The average molecular weight is 646 g/mol. The van der Waals surface area contributed by atoms with Crippen LogP contribution in [0.15, 0.2) is 47.0 Å². The van der Waals surface area contributed by atoms with E-state index in [1.54, 1.807) is 46.8 Å². The second kappa shape index (κ2) is 13.8.